The van der Waals surface area contributed by atoms with Gasteiger partial charge in [-0.05, 0) is 50.6 Å². The van der Waals surface area contributed by atoms with Crippen LogP contribution in [-0.2, 0) is 5.92 Å². The van der Waals surface area contributed by atoms with Gasteiger partial charge >= 0.3 is 0 Å². The van der Waals surface area contributed by atoms with Gasteiger partial charge in [0.1, 0.15) is 5.75 Å². The summed E-state index contributed by atoms with van der Waals surface area (Å²) in [5.74, 6) is -2.20. The van der Waals surface area contributed by atoms with Crippen LogP contribution < -0.4 is 10.1 Å². The van der Waals surface area contributed by atoms with Gasteiger partial charge < -0.3 is 10.1 Å². The molecule has 0 aliphatic heterocycles. The summed E-state index contributed by atoms with van der Waals surface area (Å²) in [5, 5.41) is 2.53. The number of alkyl halides is 2. The number of aryl methyl sites for hydroxylation is 1. The Bertz CT molecular complexity index is 416. The van der Waals surface area contributed by atoms with Gasteiger partial charge in [-0.2, -0.15) is 8.78 Å². The van der Waals surface area contributed by atoms with Crippen LogP contribution in [0.4, 0.5) is 8.78 Å². The van der Waals surface area contributed by atoms with Crippen LogP contribution in [0.5, 0.6) is 5.75 Å². The number of ether oxygens (including phenoxy) is 1. The third-order valence-electron chi connectivity index (χ3n) is 3.03. The Balaban J connectivity index is 3.40. The summed E-state index contributed by atoms with van der Waals surface area (Å²) >= 11 is 0. The van der Waals surface area contributed by atoms with Crippen LogP contribution in [0.3, 0.4) is 0 Å². The minimum Gasteiger partial charge on any atom is -0.496 e. The number of nitrogens with one attached hydrogen (secondary N) is 1. The lowest BCUT2D eigenvalue weighted by molar-refractivity contribution is -0.00258. The molecule has 96 valence electrons. The lowest BCUT2D eigenvalue weighted by Gasteiger charge is -2.23. The van der Waals surface area contributed by atoms with Crippen molar-refractivity contribution in [3.63, 3.8) is 0 Å². The number of methoxy groups -OCH3 is 1. The first kappa shape index (κ1) is 13.9. The number of rotatable bonds is 4. The fourth-order valence-corrected chi connectivity index (χ4v) is 2.13. The first-order valence-electron chi connectivity index (χ1n) is 5.52. The van der Waals surface area contributed by atoms with Gasteiger partial charge in [0.15, 0.2) is 0 Å². The van der Waals surface area contributed by atoms with Crippen molar-refractivity contribution in [1.82, 2.24) is 5.32 Å². The Hall–Kier alpha value is -1.16. The lowest BCUT2D eigenvalue weighted by atomic mass is 9.93. The predicted molar refractivity (Wildman–Crippen MR) is 65.0 cm³/mol. The molecule has 0 bridgehead atoms. The van der Waals surface area contributed by atoms with Crippen LogP contribution in [0.25, 0.3) is 0 Å². The summed E-state index contributed by atoms with van der Waals surface area (Å²) in [6.07, 6.45) is 0. The first-order valence-corrected chi connectivity index (χ1v) is 5.52. The maximum atomic E-state index is 14.0. The number of halogens is 2. The van der Waals surface area contributed by atoms with E-state index in [0.717, 1.165) is 5.56 Å². The molecule has 0 radical (unpaired) electrons. The van der Waals surface area contributed by atoms with Gasteiger partial charge in [0, 0.05) is 5.56 Å². The fraction of sp³-hybridized carbons (Fsp3) is 0.538. The van der Waals surface area contributed by atoms with E-state index in [-0.39, 0.29) is 12.1 Å². The first-order chi connectivity index (χ1) is 7.85. The van der Waals surface area contributed by atoms with Crippen molar-refractivity contribution in [3.8, 4) is 5.75 Å². The number of hydrogen-bond acceptors (Lipinski definition) is 2. The van der Waals surface area contributed by atoms with E-state index >= 15 is 0 Å². The van der Waals surface area contributed by atoms with E-state index in [2.05, 4.69) is 5.32 Å². The molecule has 0 saturated carbocycles. The van der Waals surface area contributed by atoms with E-state index in [1.54, 1.807) is 33.9 Å². The summed E-state index contributed by atoms with van der Waals surface area (Å²) in [5.41, 5.74) is 2.03. The largest absolute Gasteiger partial charge is 0.496 e. The van der Waals surface area contributed by atoms with Crippen molar-refractivity contribution in [2.75, 3.05) is 20.7 Å². The molecule has 4 heteroatoms. The fourth-order valence-electron chi connectivity index (χ4n) is 2.13. The SMILES string of the molecule is CNCC(F)(F)c1c(C)cc(OC)c(C)c1C. The van der Waals surface area contributed by atoms with Gasteiger partial charge in [-0.15, -0.1) is 0 Å². The summed E-state index contributed by atoms with van der Waals surface area (Å²) < 4.78 is 33.2. The van der Waals surface area contributed by atoms with Crippen molar-refractivity contribution >= 4 is 0 Å². The van der Waals surface area contributed by atoms with Gasteiger partial charge in [0.25, 0.3) is 5.92 Å². The van der Waals surface area contributed by atoms with Crippen molar-refractivity contribution in [1.29, 1.82) is 0 Å². The van der Waals surface area contributed by atoms with Crippen LogP contribution in [-0.4, -0.2) is 20.7 Å². The third-order valence-corrected chi connectivity index (χ3v) is 3.03. The number of likely N-dealkylation sites (N-methyl/N-ethyl adjacent to an activating group) is 1. The number of benzene rings is 1. The normalized spacial score (nSPS) is 11.7. The highest BCUT2D eigenvalue weighted by Crippen LogP contribution is 2.37. The monoisotopic (exact) mass is 243 g/mol. The minimum absolute atomic E-state index is 0.102. The molecule has 1 rings (SSSR count). The summed E-state index contributed by atoms with van der Waals surface area (Å²) in [4.78, 5) is 0. The smallest absolute Gasteiger partial charge is 0.285 e. The van der Waals surface area contributed by atoms with Gasteiger partial charge in [-0.3, -0.25) is 0 Å². The molecule has 0 saturated heterocycles. The quantitative estimate of drug-likeness (QED) is 0.878. The second kappa shape index (κ2) is 5.00. The molecule has 0 unspecified atom stereocenters. The van der Waals surface area contributed by atoms with Crippen LogP contribution >= 0.6 is 0 Å². The van der Waals surface area contributed by atoms with E-state index in [4.69, 9.17) is 4.74 Å². The molecule has 0 atom stereocenters. The van der Waals surface area contributed by atoms with Gasteiger partial charge in [0.2, 0.25) is 0 Å². The van der Waals surface area contributed by atoms with E-state index in [9.17, 15) is 8.78 Å². The Labute approximate surface area is 101 Å². The second-order valence-electron chi connectivity index (χ2n) is 4.26. The van der Waals surface area contributed by atoms with E-state index in [1.165, 1.54) is 7.05 Å². The molecular formula is C13H19F2NO. The van der Waals surface area contributed by atoms with Crippen molar-refractivity contribution in [3.05, 3.63) is 28.3 Å². The Morgan fingerprint density at radius 2 is 1.82 bits per heavy atom. The molecule has 0 aliphatic carbocycles. The van der Waals surface area contributed by atoms with Gasteiger partial charge in [0.05, 0.1) is 13.7 Å². The molecular weight excluding hydrogens is 224 g/mol. The molecule has 0 fully saturated rings. The molecule has 1 aromatic carbocycles. The highest BCUT2D eigenvalue weighted by Gasteiger charge is 2.34. The zero-order chi connectivity index (χ0) is 13.2. The highest BCUT2D eigenvalue weighted by molar-refractivity contribution is 5.49. The Morgan fingerprint density at radius 3 is 2.29 bits per heavy atom. The minimum atomic E-state index is -2.86. The highest BCUT2D eigenvalue weighted by atomic mass is 19.3. The molecule has 1 aromatic rings. The third kappa shape index (κ3) is 2.57. The van der Waals surface area contributed by atoms with Gasteiger partial charge in [-0.1, -0.05) is 0 Å². The standard InChI is InChI=1S/C13H19F2NO/c1-8-6-11(17-5)9(2)10(3)12(8)13(14,15)7-16-4/h6,16H,7H2,1-5H3. The van der Waals surface area contributed by atoms with Crippen LogP contribution in [0.1, 0.15) is 22.3 Å². The maximum Gasteiger partial charge on any atom is 0.285 e. The Morgan fingerprint density at radius 1 is 1.24 bits per heavy atom. The lowest BCUT2D eigenvalue weighted by Crippen LogP contribution is -2.30. The molecule has 2 nitrogen and oxygen atoms in total. The van der Waals surface area contributed by atoms with E-state index in [1.807, 2.05) is 0 Å². The van der Waals surface area contributed by atoms with E-state index < -0.39 is 5.92 Å². The number of hydrogen-bond donors (Lipinski definition) is 1. The average Bonchev–Trinajstić information content (AvgIpc) is 2.23. The molecule has 0 spiro atoms. The van der Waals surface area contributed by atoms with Crippen LogP contribution in [0, 0.1) is 20.8 Å². The van der Waals surface area contributed by atoms with Crippen molar-refractivity contribution in [2.45, 2.75) is 26.7 Å². The van der Waals surface area contributed by atoms with Crippen molar-refractivity contribution in [2.24, 2.45) is 0 Å². The maximum absolute atomic E-state index is 14.0. The van der Waals surface area contributed by atoms with Crippen LogP contribution in [0.15, 0.2) is 6.07 Å². The summed E-state index contributed by atoms with van der Waals surface area (Å²) in [6, 6.07) is 1.67. The molecule has 0 heterocycles. The average molecular weight is 243 g/mol. The summed E-state index contributed by atoms with van der Waals surface area (Å²) in [6.45, 7) is 4.84. The second-order valence-corrected chi connectivity index (χ2v) is 4.26. The van der Waals surface area contributed by atoms with Crippen LogP contribution in [0.2, 0.25) is 0 Å². The Kier molecular flexibility index (Phi) is 4.09. The topological polar surface area (TPSA) is 21.3 Å². The van der Waals surface area contributed by atoms with Gasteiger partial charge in [-0.25, -0.2) is 0 Å². The molecule has 0 amide bonds. The molecule has 17 heavy (non-hydrogen) atoms. The predicted octanol–water partition coefficient (Wildman–Crippen LogP) is 2.93. The molecule has 0 aromatic heterocycles. The molecule has 0 aliphatic rings. The zero-order valence-electron chi connectivity index (χ0n) is 10.9. The van der Waals surface area contributed by atoms with E-state index in [0.29, 0.717) is 16.9 Å². The summed E-state index contributed by atoms with van der Waals surface area (Å²) in [7, 11) is 3.07. The molecule has 1 N–H and O–H groups in total. The zero-order valence-corrected chi connectivity index (χ0v) is 10.9. The van der Waals surface area contributed by atoms with Crippen molar-refractivity contribution < 1.29 is 13.5 Å².